The van der Waals surface area contributed by atoms with E-state index in [4.69, 9.17) is 0 Å². The van der Waals surface area contributed by atoms with Crippen LogP contribution in [0.25, 0.3) is 0 Å². The summed E-state index contributed by atoms with van der Waals surface area (Å²) in [6.45, 7) is 15.8. The van der Waals surface area contributed by atoms with Crippen molar-refractivity contribution in [1.29, 1.82) is 0 Å². The van der Waals surface area contributed by atoms with Gasteiger partial charge in [0.1, 0.15) is 0 Å². The average molecular weight is 248 g/mol. The third kappa shape index (κ3) is 5.63. The van der Waals surface area contributed by atoms with Crippen molar-refractivity contribution in [3.8, 4) is 0 Å². The lowest BCUT2D eigenvalue weighted by molar-refractivity contribution is 0.109. The molecule has 0 amide bonds. The Morgan fingerprint density at radius 1 is 1.06 bits per heavy atom. The molecule has 0 saturated heterocycles. The van der Waals surface area contributed by atoms with Crippen LogP contribution in [-0.2, 0) is 6.54 Å². The second-order valence-corrected chi connectivity index (χ2v) is 7.22. The van der Waals surface area contributed by atoms with E-state index in [1.807, 2.05) is 12.3 Å². The van der Waals surface area contributed by atoms with E-state index in [1.54, 1.807) is 0 Å². The van der Waals surface area contributed by atoms with Crippen molar-refractivity contribution >= 4 is 0 Å². The summed E-state index contributed by atoms with van der Waals surface area (Å²) < 4.78 is 0. The third-order valence-electron chi connectivity index (χ3n) is 3.16. The first-order chi connectivity index (χ1) is 8.18. The average Bonchev–Trinajstić information content (AvgIpc) is 2.22. The second-order valence-electron chi connectivity index (χ2n) is 7.22. The van der Waals surface area contributed by atoms with Gasteiger partial charge in [-0.3, -0.25) is 9.88 Å². The van der Waals surface area contributed by atoms with E-state index in [0.717, 1.165) is 18.8 Å². The number of hydrogen-bond donors (Lipinski definition) is 0. The van der Waals surface area contributed by atoms with Crippen LogP contribution in [0.3, 0.4) is 0 Å². The SMILES string of the molecule is CC(C)(C)CCN(Cc1ccccn1)C(C)(C)C. The van der Waals surface area contributed by atoms with Crippen molar-refractivity contribution in [1.82, 2.24) is 9.88 Å². The molecule has 0 aliphatic heterocycles. The molecule has 0 atom stereocenters. The number of hydrogen-bond acceptors (Lipinski definition) is 2. The summed E-state index contributed by atoms with van der Waals surface area (Å²) in [5.74, 6) is 0. The highest BCUT2D eigenvalue weighted by atomic mass is 15.2. The first-order valence-corrected chi connectivity index (χ1v) is 6.83. The molecule has 0 radical (unpaired) electrons. The molecule has 1 aromatic heterocycles. The molecule has 0 saturated carbocycles. The van der Waals surface area contributed by atoms with Gasteiger partial charge in [-0.2, -0.15) is 0 Å². The van der Waals surface area contributed by atoms with Crippen LogP contribution in [0.2, 0.25) is 0 Å². The molecule has 0 fully saturated rings. The first-order valence-electron chi connectivity index (χ1n) is 6.83. The first kappa shape index (κ1) is 15.2. The van der Waals surface area contributed by atoms with Crippen LogP contribution in [0.15, 0.2) is 24.4 Å². The van der Waals surface area contributed by atoms with Crippen LogP contribution >= 0.6 is 0 Å². The molecule has 0 bridgehead atoms. The van der Waals surface area contributed by atoms with Gasteiger partial charge in [0.2, 0.25) is 0 Å². The number of rotatable bonds is 4. The van der Waals surface area contributed by atoms with Crippen LogP contribution in [0, 0.1) is 5.41 Å². The van der Waals surface area contributed by atoms with Gasteiger partial charge in [-0.05, 0) is 51.3 Å². The molecular weight excluding hydrogens is 220 g/mol. The predicted octanol–water partition coefficient (Wildman–Crippen LogP) is 4.12. The Morgan fingerprint density at radius 2 is 1.72 bits per heavy atom. The van der Waals surface area contributed by atoms with Crippen molar-refractivity contribution in [2.24, 2.45) is 5.41 Å². The molecule has 0 aliphatic rings. The summed E-state index contributed by atoms with van der Waals surface area (Å²) in [6, 6.07) is 6.14. The fraction of sp³-hybridized carbons (Fsp3) is 0.688. The summed E-state index contributed by atoms with van der Waals surface area (Å²) >= 11 is 0. The number of nitrogens with zero attached hydrogens (tertiary/aromatic N) is 2. The Morgan fingerprint density at radius 3 is 2.17 bits per heavy atom. The molecule has 2 heteroatoms. The molecular formula is C16H28N2. The van der Waals surface area contributed by atoms with Crippen LogP contribution in [0.4, 0.5) is 0 Å². The summed E-state index contributed by atoms with van der Waals surface area (Å²) in [7, 11) is 0. The smallest absolute Gasteiger partial charge is 0.0544 e. The van der Waals surface area contributed by atoms with E-state index in [2.05, 4.69) is 63.6 Å². The predicted molar refractivity (Wildman–Crippen MR) is 78.5 cm³/mol. The quantitative estimate of drug-likeness (QED) is 0.797. The van der Waals surface area contributed by atoms with E-state index >= 15 is 0 Å². The van der Waals surface area contributed by atoms with Crippen molar-refractivity contribution < 1.29 is 0 Å². The van der Waals surface area contributed by atoms with Gasteiger partial charge in [0.25, 0.3) is 0 Å². The molecule has 0 aromatic carbocycles. The van der Waals surface area contributed by atoms with Crippen molar-refractivity contribution in [3.05, 3.63) is 30.1 Å². The van der Waals surface area contributed by atoms with Gasteiger partial charge in [0.15, 0.2) is 0 Å². The maximum absolute atomic E-state index is 4.43. The van der Waals surface area contributed by atoms with E-state index in [9.17, 15) is 0 Å². The van der Waals surface area contributed by atoms with E-state index in [0.29, 0.717) is 5.41 Å². The molecule has 1 aromatic rings. The minimum atomic E-state index is 0.183. The van der Waals surface area contributed by atoms with Gasteiger partial charge in [0.05, 0.1) is 5.69 Å². The number of pyridine rings is 1. The fourth-order valence-electron chi connectivity index (χ4n) is 1.81. The summed E-state index contributed by atoms with van der Waals surface area (Å²) in [4.78, 5) is 6.95. The topological polar surface area (TPSA) is 16.1 Å². The van der Waals surface area contributed by atoms with Crippen LogP contribution < -0.4 is 0 Å². The van der Waals surface area contributed by atoms with Crippen molar-refractivity contribution in [3.63, 3.8) is 0 Å². The Balaban J connectivity index is 2.68. The zero-order valence-corrected chi connectivity index (χ0v) is 12.8. The highest BCUT2D eigenvalue weighted by Gasteiger charge is 2.23. The molecule has 0 N–H and O–H groups in total. The summed E-state index contributed by atoms with van der Waals surface area (Å²) in [5, 5.41) is 0. The fourth-order valence-corrected chi connectivity index (χ4v) is 1.81. The van der Waals surface area contributed by atoms with Crippen LogP contribution in [0.1, 0.15) is 53.7 Å². The van der Waals surface area contributed by atoms with Gasteiger partial charge >= 0.3 is 0 Å². The minimum absolute atomic E-state index is 0.183. The Bertz CT molecular complexity index is 344. The van der Waals surface area contributed by atoms with Gasteiger partial charge in [-0.15, -0.1) is 0 Å². The molecule has 1 heterocycles. The van der Waals surface area contributed by atoms with Crippen molar-refractivity contribution in [2.45, 2.75) is 60.0 Å². The molecule has 2 nitrogen and oxygen atoms in total. The highest BCUT2D eigenvalue weighted by molar-refractivity contribution is 5.04. The van der Waals surface area contributed by atoms with Gasteiger partial charge in [-0.1, -0.05) is 26.8 Å². The minimum Gasteiger partial charge on any atom is -0.293 e. The lowest BCUT2D eigenvalue weighted by Gasteiger charge is -2.37. The zero-order valence-electron chi connectivity index (χ0n) is 12.8. The maximum Gasteiger partial charge on any atom is 0.0544 e. The monoisotopic (exact) mass is 248 g/mol. The largest absolute Gasteiger partial charge is 0.293 e. The Hall–Kier alpha value is -0.890. The van der Waals surface area contributed by atoms with Crippen LogP contribution in [-0.4, -0.2) is 22.0 Å². The second kappa shape index (κ2) is 5.83. The Kier molecular flexibility index (Phi) is 4.92. The standard InChI is InChI=1S/C16H28N2/c1-15(2,3)10-12-18(16(4,5)6)13-14-9-7-8-11-17-14/h7-9,11H,10,12-13H2,1-6H3. The van der Waals surface area contributed by atoms with E-state index in [-0.39, 0.29) is 5.54 Å². The van der Waals surface area contributed by atoms with Crippen LogP contribution in [0.5, 0.6) is 0 Å². The van der Waals surface area contributed by atoms with Gasteiger partial charge in [-0.25, -0.2) is 0 Å². The normalized spacial score (nSPS) is 13.1. The molecule has 0 spiro atoms. The number of aromatic nitrogens is 1. The molecule has 0 aliphatic carbocycles. The molecule has 18 heavy (non-hydrogen) atoms. The summed E-state index contributed by atoms with van der Waals surface area (Å²) in [5.41, 5.74) is 1.72. The van der Waals surface area contributed by atoms with Gasteiger partial charge in [0, 0.05) is 18.3 Å². The van der Waals surface area contributed by atoms with Crippen molar-refractivity contribution in [2.75, 3.05) is 6.54 Å². The highest BCUT2D eigenvalue weighted by Crippen LogP contribution is 2.23. The van der Waals surface area contributed by atoms with Gasteiger partial charge < -0.3 is 0 Å². The van der Waals surface area contributed by atoms with E-state index < -0.39 is 0 Å². The Labute approximate surface area is 112 Å². The summed E-state index contributed by atoms with van der Waals surface area (Å²) in [6.07, 6.45) is 3.08. The lowest BCUT2D eigenvalue weighted by atomic mass is 9.91. The zero-order chi connectivity index (χ0) is 13.8. The third-order valence-corrected chi connectivity index (χ3v) is 3.16. The lowest BCUT2D eigenvalue weighted by Crippen LogP contribution is -2.42. The maximum atomic E-state index is 4.43. The molecule has 1 rings (SSSR count). The molecule has 102 valence electrons. The molecule has 0 unspecified atom stereocenters. The van der Waals surface area contributed by atoms with E-state index in [1.165, 1.54) is 6.42 Å².